The van der Waals surface area contributed by atoms with E-state index in [0.29, 0.717) is 24.7 Å². The normalized spacial score (nSPS) is 15.8. The highest BCUT2D eigenvalue weighted by molar-refractivity contribution is 7.80. The third-order valence-electron chi connectivity index (χ3n) is 17.3. The molecule has 1 heterocycles. The molecule has 30 N–H and O–H groups in total. The smallest absolute Gasteiger partial charge is 0.305 e. The summed E-state index contributed by atoms with van der Waals surface area (Å²) < 4.78 is 0. The summed E-state index contributed by atoms with van der Waals surface area (Å²) >= 11 is 8.39. The van der Waals surface area contributed by atoms with Gasteiger partial charge in [-0.1, -0.05) is 70.9 Å². The molecule has 0 aromatic heterocycles. The lowest BCUT2D eigenvalue weighted by Crippen LogP contribution is -2.61. The van der Waals surface area contributed by atoms with Crippen molar-refractivity contribution in [1.82, 2.24) is 74.0 Å². The Morgan fingerprint density at radius 1 is 0.514 bits per heavy atom. The van der Waals surface area contributed by atoms with E-state index < -0.39 is 212 Å². The Balaban J connectivity index is 2.33. The molecule has 1 saturated heterocycles. The number of hydrogen-bond acceptors (Lipinski definition) is 24. The lowest BCUT2D eigenvalue weighted by atomic mass is 9.96. The quantitative estimate of drug-likeness (QED) is 0.00947. The second kappa shape index (κ2) is 51.7. The third-order valence-corrected chi connectivity index (χ3v) is 18.0. The number of carboxylic acids is 1. The molecule has 0 radical (unpaired) electrons. The van der Waals surface area contributed by atoms with Crippen molar-refractivity contribution >= 4 is 138 Å². The average molecular weight is 1610 g/mol. The van der Waals surface area contributed by atoms with Gasteiger partial charge in [0.2, 0.25) is 82.7 Å². The topological polar surface area (TPSA) is 713 Å². The number of nitrogens with zero attached hydrogens (tertiary/aromatic N) is 4. The lowest BCUT2D eigenvalue weighted by Gasteiger charge is -2.31. The molecule has 14 atom stereocenters. The fourth-order valence-electron chi connectivity index (χ4n) is 10.7. The molecule has 0 spiro atoms. The Labute approximate surface area is 652 Å². The SMILES string of the molecule is CC[C@H](C)[C@H](NC(=O)[C@H](CCCN=C(N)N)NC(=O)CNC(=O)CNC(=O)[C@H](Cc1ccccc1)NC(=O)CNC(=O)[C@H](CS)NC(=O)[C@H](CO)NC(=O)[C@@H](N)CO)C(=O)N[C@@H](CC(=O)O)C(=O)N[C@@H](CCCN=C(N)N)C(=O)N[C@H](C(=O)N[C@@H](CS)C(=O)N1CCC[C@@H]1C(=O)N[C@H](C=O)CCCN=C(N)N)[C@@H](C)CC. The fraction of sp³-hybridized carbons (Fsp3) is 0.621. The Hall–Kier alpha value is -10.7. The second-order valence-electron chi connectivity index (χ2n) is 25.9. The maximum absolute atomic E-state index is 14.5. The summed E-state index contributed by atoms with van der Waals surface area (Å²) in [5, 5.41) is 60.4. The molecular weight excluding hydrogens is 1500 g/mol. The van der Waals surface area contributed by atoms with Gasteiger partial charge in [-0.15, -0.1) is 0 Å². The van der Waals surface area contributed by atoms with E-state index >= 15 is 0 Å². The lowest BCUT2D eigenvalue weighted by molar-refractivity contribution is -0.142. The first-order valence-corrected chi connectivity index (χ1v) is 37.1. The average Bonchev–Trinajstić information content (AvgIpc) is 1.75. The molecule has 43 nitrogen and oxygen atoms in total. The molecule has 0 bridgehead atoms. The minimum Gasteiger partial charge on any atom is -0.481 e. The van der Waals surface area contributed by atoms with E-state index in [1.54, 1.807) is 51.1 Å². The van der Waals surface area contributed by atoms with Gasteiger partial charge >= 0.3 is 5.97 Å². The maximum Gasteiger partial charge on any atom is 0.305 e. The van der Waals surface area contributed by atoms with Crippen molar-refractivity contribution in [2.45, 2.75) is 177 Å². The Bertz CT molecular complexity index is 3410. The van der Waals surface area contributed by atoms with Crippen molar-refractivity contribution in [2.75, 3.05) is 70.5 Å². The number of guanidine groups is 3. The van der Waals surface area contributed by atoms with E-state index in [2.05, 4.69) is 109 Å². The number of thiol groups is 2. The number of aliphatic hydroxyl groups is 2. The van der Waals surface area contributed by atoms with Crippen LogP contribution in [-0.4, -0.2) is 276 Å². The number of carboxylic acid groups (broad SMARTS) is 1. The molecule has 0 unspecified atom stereocenters. The van der Waals surface area contributed by atoms with Crippen LogP contribution in [0, 0.1) is 11.8 Å². The van der Waals surface area contributed by atoms with Gasteiger partial charge in [0.25, 0.3) is 0 Å². The Morgan fingerprint density at radius 2 is 0.946 bits per heavy atom. The van der Waals surface area contributed by atoms with Crippen molar-refractivity contribution in [3.8, 4) is 0 Å². The summed E-state index contributed by atoms with van der Waals surface area (Å²) in [6.07, 6.45) is 0.521. The number of nitrogens with two attached hydrogens (primary N) is 7. The number of aliphatic hydroxyl groups excluding tert-OH is 2. The van der Waals surface area contributed by atoms with Gasteiger partial charge in [0.1, 0.15) is 72.7 Å². The first-order chi connectivity index (χ1) is 52.6. The Kier molecular flexibility index (Phi) is 44.9. The summed E-state index contributed by atoms with van der Waals surface area (Å²) in [7, 11) is 0. The largest absolute Gasteiger partial charge is 0.481 e. The van der Waals surface area contributed by atoms with E-state index in [1.807, 2.05) is 0 Å². The zero-order chi connectivity index (χ0) is 83.4. The number of rotatable bonds is 52. The highest BCUT2D eigenvalue weighted by atomic mass is 32.1. The summed E-state index contributed by atoms with van der Waals surface area (Å²) in [4.78, 5) is 228. The summed E-state index contributed by atoms with van der Waals surface area (Å²) in [6.45, 7) is 2.63. The van der Waals surface area contributed by atoms with Crippen LogP contribution in [0.1, 0.15) is 104 Å². The van der Waals surface area contributed by atoms with Gasteiger partial charge in [0.05, 0.1) is 45.3 Å². The number of carbonyl (C=O) groups excluding carboxylic acids is 15. The molecule has 111 heavy (non-hydrogen) atoms. The molecule has 1 aromatic rings. The van der Waals surface area contributed by atoms with Crippen LogP contribution < -0.4 is 109 Å². The molecule has 45 heteroatoms. The number of hydrogen-bond donors (Lipinski definition) is 25. The Morgan fingerprint density at radius 3 is 1.42 bits per heavy atom. The second-order valence-corrected chi connectivity index (χ2v) is 26.6. The number of aliphatic carboxylic acids is 1. The minimum absolute atomic E-state index is 0.000139. The predicted molar refractivity (Wildman–Crippen MR) is 410 cm³/mol. The first-order valence-electron chi connectivity index (χ1n) is 35.8. The molecule has 620 valence electrons. The number of aldehydes is 1. The summed E-state index contributed by atoms with van der Waals surface area (Å²) in [6, 6.07) is -8.88. The zero-order valence-corrected chi connectivity index (χ0v) is 64.2. The van der Waals surface area contributed by atoms with Gasteiger partial charge in [-0.05, 0) is 68.8 Å². The minimum atomic E-state index is -1.96. The highest BCUT2D eigenvalue weighted by Crippen LogP contribution is 2.21. The maximum atomic E-state index is 14.5. The number of benzene rings is 1. The number of likely N-dealkylation sites (tertiary alicyclic amines) is 1. The number of aliphatic imine (C=N–C) groups is 3. The first kappa shape index (κ1) is 96.4. The summed E-state index contributed by atoms with van der Waals surface area (Å²) in [5.74, 6) is -17.6. The molecule has 14 amide bonds. The van der Waals surface area contributed by atoms with Crippen molar-refractivity contribution in [3.05, 3.63) is 35.9 Å². The van der Waals surface area contributed by atoms with Crippen LogP contribution in [0.4, 0.5) is 0 Å². The molecular formula is C66H110N24O19S2. The van der Waals surface area contributed by atoms with E-state index in [1.165, 1.54) is 11.8 Å². The van der Waals surface area contributed by atoms with Crippen molar-refractivity contribution in [3.63, 3.8) is 0 Å². The predicted octanol–water partition coefficient (Wildman–Crippen LogP) is -10.5. The van der Waals surface area contributed by atoms with Crippen molar-refractivity contribution in [2.24, 2.45) is 66.9 Å². The molecule has 0 aliphatic carbocycles. The van der Waals surface area contributed by atoms with Crippen LogP contribution in [0.25, 0.3) is 0 Å². The number of carbonyl (C=O) groups is 16. The van der Waals surface area contributed by atoms with Crippen LogP contribution in [0.15, 0.2) is 45.3 Å². The van der Waals surface area contributed by atoms with Crippen molar-refractivity contribution < 1.29 is 92.0 Å². The van der Waals surface area contributed by atoms with E-state index in [-0.39, 0.29) is 113 Å². The highest BCUT2D eigenvalue weighted by Gasteiger charge is 2.41. The molecule has 1 aliphatic heterocycles. The number of amides is 14. The fourth-order valence-corrected chi connectivity index (χ4v) is 11.2. The third kappa shape index (κ3) is 36.2. The van der Waals surface area contributed by atoms with Gasteiger partial charge in [-0.25, -0.2) is 0 Å². The van der Waals surface area contributed by atoms with Crippen molar-refractivity contribution in [1.29, 1.82) is 0 Å². The number of nitrogens with one attached hydrogen (secondary N) is 13. The molecule has 2 rings (SSSR count). The molecule has 0 saturated carbocycles. The van der Waals surface area contributed by atoms with E-state index in [9.17, 15) is 86.9 Å². The van der Waals surface area contributed by atoms with Gasteiger partial charge in [0, 0.05) is 44.1 Å². The van der Waals surface area contributed by atoms with Gasteiger partial charge < -0.3 is 134 Å². The van der Waals surface area contributed by atoms with Crippen LogP contribution in [-0.2, 0) is 83.1 Å². The monoisotopic (exact) mass is 1610 g/mol. The van der Waals surface area contributed by atoms with Gasteiger partial charge in [0.15, 0.2) is 17.9 Å². The molecule has 1 fully saturated rings. The molecule has 1 aromatic carbocycles. The van der Waals surface area contributed by atoms with E-state index in [4.69, 9.17) is 45.2 Å². The van der Waals surface area contributed by atoms with Crippen LogP contribution in [0.5, 0.6) is 0 Å². The van der Waals surface area contributed by atoms with Gasteiger partial charge in [-0.2, -0.15) is 25.3 Å². The van der Waals surface area contributed by atoms with Crippen LogP contribution in [0.2, 0.25) is 0 Å². The standard InChI is InChI=1S/C66H110N24O19S2/c1-5-34(3)51(61(107)84-42(25-50(97)98)58(104)83-40(18-12-22-76-66(72)73)57(103)89-52(35(4)6-2)62(108)87-45(33-111)63(109)90-23-13-19-46(90)60(106)80-37(29-91)16-10-20-74-64(68)69)88-56(102)39(17-11-21-75-65(70)71)81-48(95)27-77-47(94)26-78-54(100)41(24-36-14-8-7-9-15-36)82-49(96)28-79-55(101)44(32-110)86-59(105)43(31-93)85-53(99)38(67)30-92/h7-9,14-15,29,34-35,37-46,51-52,92-93,110-111H,5-6,10-13,16-28,30-33,67H2,1-4H3,(H,77,94)(H,78,100)(H,79,101)(H,80,106)(H,81,95)(H,82,96)(H,83,104)(H,84,107)(H,85,99)(H,86,105)(H,87,108)(H,88,102)(H,89,103)(H,97,98)(H4,68,69,74)(H4,70,71,75)(H4,72,73,76)/t34-,35-,37-,38-,39-,40-,41-,42-,43-,44-,45-,46+,51-,52-/m0/s1. The molecule has 1 aliphatic rings. The van der Waals surface area contributed by atoms with Gasteiger partial charge in [-0.3, -0.25) is 86.9 Å². The van der Waals surface area contributed by atoms with Crippen LogP contribution >= 0.6 is 25.3 Å². The summed E-state index contributed by atoms with van der Waals surface area (Å²) in [5.41, 5.74) is 38.8. The zero-order valence-electron chi connectivity index (χ0n) is 62.4. The van der Waals surface area contributed by atoms with Crippen LogP contribution in [0.3, 0.4) is 0 Å². The van der Waals surface area contributed by atoms with E-state index in [0.717, 1.165) is 0 Å².